The molecule has 0 bridgehead atoms. The van der Waals surface area contributed by atoms with Crippen LogP contribution in [0.25, 0.3) is 0 Å². The summed E-state index contributed by atoms with van der Waals surface area (Å²) in [5, 5.41) is 15.2. The molecule has 100 valence electrons. The fourth-order valence-electron chi connectivity index (χ4n) is 1.85. The Bertz CT molecular complexity index is 417. The van der Waals surface area contributed by atoms with Crippen LogP contribution in [-0.2, 0) is 4.79 Å². The van der Waals surface area contributed by atoms with E-state index in [1.807, 2.05) is 30.5 Å². The maximum absolute atomic E-state index is 11.9. The molecular formula is C12H17ClN2O2S. The van der Waals surface area contributed by atoms with Crippen molar-refractivity contribution in [3.8, 4) is 0 Å². The van der Waals surface area contributed by atoms with Gasteiger partial charge >= 0.3 is 0 Å². The van der Waals surface area contributed by atoms with E-state index >= 15 is 0 Å². The topological polar surface area (TPSA) is 61.4 Å². The Balaban J connectivity index is 0.00000162. The summed E-state index contributed by atoms with van der Waals surface area (Å²) in [7, 11) is 0. The first-order valence-electron chi connectivity index (χ1n) is 5.55. The fourth-order valence-corrected chi connectivity index (χ4v) is 2.31. The van der Waals surface area contributed by atoms with Gasteiger partial charge in [0.15, 0.2) is 0 Å². The van der Waals surface area contributed by atoms with Crippen molar-refractivity contribution >= 4 is 35.8 Å². The molecule has 2 rings (SSSR count). The predicted octanol–water partition coefficient (Wildman–Crippen LogP) is 1.49. The van der Waals surface area contributed by atoms with Crippen LogP contribution < -0.4 is 10.6 Å². The first kappa shape index (κ1) is 15.3. The van der Waals surface area contributed by atoms with E-state index in [1.54, 1.807) is 11.8 Å². The van der Waals surface area contributed by atoms with Crippen LogP contribution in [0, 0.1) is 0 Å². The van der Waals surface area contributed by atoms with Crippen molar-refractivity contribution in [2.24, 2.45) is 0 Å². The third kappa shape index (κ3) is 3.88. The highest BCUT2D eigenvalue weighted by Crippen LogP contribution is 2.19. The molecule has 1 heterocycles. The molecule has 0 aliphatic carbocycles. The molecule has 0 spiro atoms. The van der Waals surface area contributed by atoms with Crippen LogP contribution in [0.4, 0.5) is 5.69 Å². The molecule has 2 unspecified atom stereocenters. The van der Waals surface area contributed by atoms with Crippen molar-refractivity contribution in [2.45, 2.75) is 23.5 Å². The molecule has 0 radical (unpaired) electrons. The second kappa shape index (κ2) is 6.99. The van der Waals surface area contributed by atoms with Crippen LogP contribution >= 0.6 is 24.2 Å². The number of β-amino-alcohol motifs (C(OH)–C–C–N with tert-alkyl or cyclic N) is 1. The quantitative estimate of drug-likeness (QED) is 0.738. The van der Waals surface area contributed by atoms with E-state index < -0.39 is 6.10 Å². The highest BCUT2D eigenvalue weighted by molar-refractivity contribution is 7.98. The molecule has 1 saturated heterocycles. The molecule has 1 aromatic rings. The van der Waals surface area contributed by atoms with Gasteiger partial charge in [0, 0.05) is 17.1 Å². The SMILES string of the molecule is CSc1cccc(NC(=O)C2CC(O)CN2)c1.Cl. The van der Waals surface area contributed by atoms with E-state index in [1.165, 1.54) is 0 Å². The zero-order chi connectivity index (χ0) is 12.3. The number of carbonyl (C=O) groups is 1. The second-order valence-electron chi connectivity index (χ2n) is 4.07. The monoisotopic (exact) mass is 288 g/mol. The lowest BCUT2D eigenvalue weighted by atomic mass is 10.2. The lowest BCUT2D eigenvalue weighted by Crippen LogP contribution is -2.35. The van der Waals surface area contributed by atoms with Crippen molar-refractivity contribution in [3.63, 3.8) is 0 Å². The molecule has 1 amide bonds. The van der Waals surface area contributed by atoms with Gasteiger partial charge in [-0.25, -0.2) is 0 Å². The maximum atomic E-state index is 11.9. The van der Waals surface area contributed by atoms with Gasteiger partial charge in [0.2, 0.25) is 5.91 Å². The molecule has 1 aliphatic heterocycles. The van der Waals surface area contributed by atoms with Gasteiger partial charge < -0.3 is 15.7 Å². The van der Waals surface area contributed by atoms with Crippen molar-refractivity contribution < 1.29 is 9.90 Å². The number of nitrogens with one attached hydrogen (secondary N) is 2. The van der Waals surface area contributed by atoms with Crippen LogP contribution in [0.3, 0.4) is 0 Å². The minimum absolute atomic E-state index is 0. The van der Waals surface area contributed by atoms with E-state index in [2.05, 4.69) is 10.6 Å². The number of hydrogen-bond donors (Lipinski definition) is 3. The summed E-state index contributed by atoms with van der Waals surface area (Å²) < 4.78 is 0. The Morgan fingerprint density at radius 2 is 2.33 bits per heavy atom. The third-order valence-corrected chi connectivity index (χ3v) is 3.49. The van der Waals surface area contributed by atoms with Gasteiger partial charge in [0.25, 0.3) is 0 Å². The molecule has 1 aromatic carbocycles. The number of thioether (sulfide) groups is 1. The lowest BCUT2D eigenvalue weighted by molar-refractivity contribution is -0.117. The maximum Gasteiger partial charge on any atom is 0.241 e. The molecule has 3 N–H and O–H groups in total. The van der Waals surface area contributed by atoms with Crippen LogP contribution in [-0.4, -0.2) is 36.0 Å². The number of hydrogen-bond acceptors (Lipinski definition) is 4. The smallest absolute Gasteiger partial charge is 0.241 e. The summed E-state index contributed by atoms with van der Waals surface area (Å²) in [5.41, 5.74) is 0.796. The fraction of sp³-hybridized carbons (Fsp3) is 0.417. The number of anilines is 1. The van der Waals surface area contributed by atoms with Crippen molar-refractivity contribution in [3.05, 3.63) is 24.3 Å². The Kier molecular flexibility index (Phi) is 5.95. The van der Waals surface area contributed by atoms with Crippen LogP contribution in [0.15, 0.2) is 29.2 Å². The third-order valence-electron chi connectivity index (χ3n) is 2.76. The van der Waals surface area contributed by atoms with Gasteiger partial charge in [0.1, 0.15) is 0 Å². The van der Waals surface area contributed by atoms with Gasteiger partial charge in [-0.15, -0.1) is 24.2 Å². The van der Waals surface area contributed by atoms with Crippen LogP contribution in [0.5, 0.6) is 0 Å². The Morgan fingerprint density at radius 3 is 2.94 bits per heavy atom. The summed E-state index contributed by atoms with van der Waals surface area (Å²) in [5.74, 6) is -0.0835. The highest BCUT2D eigenvalue weighted by Gasteiger charge is 2.27. The van der Waals surface area contributed by atoms with Crippen molar-refractivity contribution in [1.82, 2.24) is 5.32 Å². The first-order chi connectivity index (χ1) is 8.19. The first-order valence-corrected chi connectivity index (χ1v) is 6.78. The zero-order valence-electron chi connectivity index (χ0n) is 10.1. The van der Waals surface area contributed by atoms with Crippen LogP contribution in [0.2, 0.25) is 0 Å². The minimum atomic E-state index is -0.414. The summed E-state index contributed by atoms with van der Waals surface area (Å²) in [6.07, 6.45) is 2.06. The lowest BCUT2D eigenvalue weighted by Gasteiger charge is -2.11. The second-order valence-corrected chi connectivity index (χ2v) is 4.95. The van der Waals surface area contributed by atoms with Crippen LogP contribution in [0.1, 0.15) is 6.42 Å². The number of aliphatic hydroxyl groups is 1. The normalized spacial score (nSPS) is 22.3. The minimum Gasteiger partial charge on any atom is -0.392 e. The van der Waals surface area contributed by atoms with Gasteiger partial charge in [-0.2, -0.15) is 0 Å². The number of aliphatic hydroxyl groups excluding tert-OH is 1. The number of rotatable bonds is 3. The average Bonchev–Trinajstić information content (AvgIpc) is 2.76. The van der Waals surface area contributed by atoms with Gasteiger partial charge in [-0.1, -0.05) is 6.07 Å². The van der Waals surface area contributed by atoms with Crippen molar-refractivity contribution in [1.29, 1.82) is 0 Å². The largest absolute Gasteiger partial charge is 0.392 e. The van der Waals surface area contributed by atoms with E-state index in [4.69, 9.17) is 0 Å². The Morgan fingerprint density at radius 1 is 1.56 bits per heavy atom. The Labute approximate surface area is 117 Å². The number of halogens is 1. The molecule has 2 atom stereocenters. The molecule has 1 aliphatic rings. The number of benzene rings is 1. The molecule has 0 saturated carbocycles. The summed E-state index contributed by atoms with van der Waals surface area (Å²) >= 11 is 1.64. The summed E-state index contributed by atoms with van der Waals surface area (Å²) in [4.78, 5) is 13.0. The van der Waals surface area contributed by atoms with Crippen molar-refractivity contribution in [2.75, 3.05) is 18.1 Å². The van der Waals surface area contributed by atoms with Gasteiger partial charge in [-0.05, 0) is 30.9 Å². The molecule has 4 nitrogen and oxygen atoms in total. The van der Waals surface area contributed by atoms with E-state index in [-0.39, 0.29) is 24.4 Å². The van der Waals surface area contributed by atoms with Gasteiger partial charge in [0.05, 0.1) is 12.1 Å². The molecule has 0 aromatic heterocycles. The number of amides is 1. The molecule has 18 heavy (non-hydrogen) atoms. The standard InChI is InChI=1S/C12H16N2O2S.ClH/c1-17-10-4-2-3-8(5-10)14-12(16)11-6-9(15)7-13-11;/h2-5,9,11,13,15H,6-7H2,1H3,(H,14,16);1H. The predicted molar refractivity (Wildman–Crippen MR) is 76.5 cm³/mol. The molecule has 6 heteroatoms. The highest BCUT2D eigenvalue weighted by atomic mass is 35.5. The molecule has 1 fully saturated rings. The zero-order valence-corrected chi connectivity index (χ0v) is 11.7. The van der Waals surface area contributed by atoms with Gasteiger partial charge in [-0.3, -0.25) is 4.79 Å². The van der Waals surface area contributed by atoms with E-state index in [9.17, 15) is 9.90 Å². The molecular weight excluding hydrogens is 272 g/mol. The summed E-state index contributed by atoms with van der Waals surface area (Å²) in [6.45, 7) is 0.489. The van der Waals surface area contributed by atoms with E-state index in [0.717, 1.165) is 10.6 Å². The van der Waals surface area contributed by atoms with E-state index in [0.29, 0.717) is 13.0 Å². The summed E-state index contributed by atoms with van der Waals surface area (Å²) in [6, 6.07) is 7.43. The average molecular weight is 289 g/mol. The Hall–Kier alpha value is -0.750. The number of carbonyl (C=O) groups excluding carboxylic acids is 1.